The van der Waals surface area contributed by atoms with Gasteiger partial charge in [-0.3, -0.25) is 9.59 Å². The second-order valence-electron chi connectivity index (χ2n) is 5.90. The topological polar surface area (TPSA) is 43.4 Å². The van der Waals surface area contributed by atoms with Crippen molar-refractivity contribution in [3.8, 4) is 5.75 Å². The van der Waals surface area contributed by atoms with Crippen molar-refractivity contribution < 1.29 is 14.3 Å². The summed E-state index contributed by atoms with van der Waals surface area (Å²) in [6.07, 6.45) is 0. The number of hydrogen-bond donors (Lipinski definition) is 0. The summed E-state index contributed by atoms with van der Waals surface area (Å²) < 4.78 is 5.73. The molecule has 0 heterocycles. The van der Waals surface area contributed by atoms with Crippen LogP contribution in [0.4, 0.5) is 0 Å². The van der Waals surface area contributed by atoms with E-state index in [1.807, 2.05) is 43.3 Å². The summed E-state index contributed by atoms with van der Waals surface area (Å²) in [5.41, 5.74) is 1.68. The highest BCUT2D eigenvalue weighted by molar-refractivity contribution is 7.99. The number of carbonyl (C=O) groups is 2. The van der Waals surface area contributed by atoms with Gasteiger partial charge in [-0.1, -0.05) is 54.2 Å². The van der Waals surface area contributed by atoms with Crippen LogP contribution < -0.4 is 4.74 Å². The minimum atomic E-state index is -0.157. The Hall–Kier alpha value is -2.85. The maximum atomic E-state index is 13.0. The van der Waals surface area contributed by atoms with E-state index < -0.39 is 0 Å². The Morgan fingerprint density at radius 2 is 1.42 bits per heavy atom. The van der Waals surface area contributed by atoms with Crippen molar-refractivity contribution in [2.75, 3.05) is 6.61 Å². The van der Waals surface area contributed by atoms with Gasteiger partial charge in [0.1, 0.15) is 5.75 Å². The Balaban J connectivity index is 1.86. The molecule has 0 N–H and O–H groups in total. The van der Waals surface area contributed by atoms with Crippen LogP contribution in [0.2, 0.25) is 0 Å². The van der Waals surface area contributed by atoms with Crippen molar-refractivity contribution in [1.29, 1.82) is 0 Å². The molecule has 0 amide bonds. The van der Waals surface area contributed by atoms with Crippen LogP contribution in [0.3, 0.4) is 0 Å². The Bertz CT molecular complexity index is 1010. The normalized spacial score (nSPS) is 12.5. The highest BCUT2D eigenvalue weighted by Crippen LogP contribution is 2.38. The predicted octanol–water partition coefficient (Wildman–Crippen LogP) is 5.01. The molecule has 3 aromatic carbocycles. The van der Waals surface area contributed by atoms with E-state index in [4.69, 9.17) is 4.74 Å². The first kappa shape index (κ1) is 16.6. The van der Waals surface area contributed by atoms with Crippen LogP contribution in [0, 0.1) is 0 Å². The van der Waals surface area contributed by atoms with E-state index in [1.165, 1.54) is 0 Å². The molecule has 3 aromatic rings. The van der Waals surface area contributed by atoms with Gasteiger partial charge in [0.15, 0.2) is 11.6 Å². The molecule has 0 bridgehead atoms. The molecule has 0 fully saturated rings. The highest BCUT2D eigenvalue weighted by atomic mass is 32.2. The average molecular weight is 360 g/mol. The number of fused-ring (bicyclic) bond motifs is 2. The second-order valence-corrected chi connectivity index (χ2v) is 7.04. The lowest BCUT2D eigenvalue weighted by molar-refractivity contribution is 0.0975. The first-order valence-electron chi connectivity index (χ1n) is 8.41. The molecule has 3 nitrogen and oxygen atoms in total. The first-order chi connectivity index (χ1) is 12.7. The van der Waals surface area contributed by atoms with E-state index >= 15 is 0 Å². The molecule has 0 aliphatic heterocycles. The molecule has 0 unspecified atom stereocenters. The molecule has 0 spiro atoms. The van der Waals surface area contributed by atoms with Crippen molar-refractivity contribution >= 4 is 23.3 Å². The van der Waals surface area contributed by atoms with Gasteiger partial charge in [0.2, 0.25) is 0 Å². The van der Waals surface area contributed by atoms with Gasteiger partial charge in [-0.25, -0.2) is 0 Å². The molecule has 0 atom stereocenters. The number of ketones is 2. The number of rotatable bonds is 4. The van der Waals surface area contributed by atoms with Gasteiger partial charge in [0.25, 0.3) is 0 Å². The van der Waals surface area contributed by atoms with Gasteiger partial charge < -0.3 is 4.74 Å². The van der Waals surface area contributed by atoms with Gasteiger partial charge >= 0.3 is 0 Å². The van der Waals surface area contributed by atoms with Crippen molar-refractivity contribution in [3.63, 3.8) is 0 Å². The molecule has 0 aromatic heterocycles. The quantitative estimate of drug-likeness (QED) is 0.513. The zero-order valence-electron chi connectivity index (χ0n) is 14.2. The fourth-order valence-corrected chi connectivity index (χ4v) is 4.02. The van der Waals surface area contributed by atoms with Gasteiger partial charge in [-0.2, -0.15) is 0 Å². The molecule has 0 saturated carbocycles. The Kier molecular flexibility index (Phi) is 4.35. The summed E-state index contributed by atoms with van der Waals surface area (Å²) in [6.45, 7) is 2.29. The molecule has 0 radical (unpaired) electrons. The third-order valence-corrected chi connectivity index (χ3v) is 5.22. The van der Waals surface area contributed by atoms with E-state index in [0.717, 1.165) is 9.79 Å². The van der Waals surface area contributed by atoms with E-state index in [0.29, 0.717) is 34.6 Å². The molecule has 1 aliphatic carbocycles. The Labute approximate surface area is 156 Å². The van der Waals surface area contributed by atoms with E-state index in [2.05, 4.69) is 0 Å². The van der Waals surface area contributed by atoms with Crippen LogP contribution in [-0.4, -0.2) is 18.2 Å². The van der Waals surface area contributed by atoms with Gasteiger partial charge in [-0.15, -0.1) is 0 Å². The largest absolute Gasteiger partial charge is 0.493 e. The summed E-state index contributed by atoms with van der Waals surface area (Å²) in [5, 5.41) is 0. The molecule has 1 aliphatic rings. The van der Waals surface area contributed by atoms with Gasteiger partial charge in [0.05, 0.1) is 12.2 Å². The fourth-order valence-electron chi connectivity index (χ4n) is 3.12. The molecule has 4 heteroatoms. The molecule has 128 valence electrons. The first-order valence-corrected chi connectivity index (χ1v) is 9.23. The molecule has 0 saturated heterocycles. The van der Waals surface area contributed by atoms with Crippen LogP contribution in [0.25, 0.3) is 0 Å². The molecule has 4 rings (SSSR count). The monoisotopic (exact) mass is 360 g/mol. The van der Waals surface area contributed by atoms with Crippen molar-refractivity contribution in [1.82, 2.24) is 0 Å². The number of benzene rings is 3. The summed E-state index contributed by atoms with van der Waals surface area (Å²) in [7, 11) is 0. The van der Waals surface area contributed by atoms with Crippen LogP contribution in [-0.2, 0) is 0 Å². The fraction of sp³-hybridized carbons (Fsp3) is 0.0909. The van der Waals surface area contributed by atoms with Crippen LogP contribution in [0.5, 0.6) is 5.75 Å². The van der Waals surface area contributed by atoms with Crippen molar-refractivity contribution in [3.05, 3.63) is 89.0 Å². The maximum Gasteiger partial charge on any atom is 0.198 e. The SMILES string of the molecule is CCOc1cc(Sc2ccccc2)cc2c1C(=O)c1ccccc1C2=O. The number of carbonyl (C=O) groups excluding carboxylic acids is 2. The minimum absolute atomic E-state index is 0.133. The summed E-state index contributed by atoms with van der Waals surface area (Å²) in [6, 6.07) is 20.5. The Morgan fingerprint density at radius 1 is 0.769 bits per heavy atom. The zero-order valence-corrected chi connectivity index (χ0v) is 15.0. The number of ether oxygens (including phenoxy) is 1. The molecular weight excluding hydrogens is 344 g/mol. The van der Waals surface area contributed by atoms with Gasteiger partial charge in [-0.05, 0) is 31.2 Å². The lowest BCUT2D eigenvalue weighted by Gasteiger charge is -2.21. The maximum absolute atomic E-state index is 13.0. The van der Waals surface area contributed by atoms with E-state index in [1.54, 1.807) is 42.1 Å². The van der Waals surface area contributed by atoms with Crippen molar-refractivity contribution in [2.45, 2.75) is 16.7 Å². The predicted molar refractivity (Wildman–Crippen MR) is 101 cm³/mol. The minimum Gasteiger partial charge on any atom is -0.493 e. The third kappa shape index (κ3) is 2.82. The molecule has 26 heavy (non-hydrogen) atoms. The Morgan fingerprint density at radius 3 is 2.12 bits per heavy atom. The zero-order chi connectivity index (χ0) is 18.1. The van der Waals surface area contributed by atoms with Gasteiger partial charge in [0, 0.05) is 26.5 Å². The summed E-state index contributed by atoms with van der Waals surface area (Å²) in [4.78, 5) is 27.9. The van der Waals surface area contributed by atoms with E-state index in [-0.39, 0.29) is 11.6 Å². The lowest BCUT2D eigenvalue weighted by Crippen LogP contribution is -2.22. The standard InChI is InChI=1S/C22H16O3S/c1-2-25-19-13-15(26-14-8-4-3-5-9-14)12-18-20(19)22(24)17-11-7-6-10-16(17)21(18)23/h3-13H,2H2,1H3. The summed E-state index contributed by atoms with van der Waals surface area (Å²) in [5.74, 6) is 0.179. The van der Waals surface area contributed by atoms with Crippen LogP contribution in [0.1, 0.15) is 38.8 Å². The third-order valence-electron chi connectivity index (χ3n) is 4.24. The van der Waals surface area contributed by atoms with Crippen LogP contribution in [0.15, 0.2) is 76.5 Å². The molecular formula is C22H16O3S. The van der Waals surface area contributed by atoms with E-state index in [9.17, 15) is 9.59 Å². The smallest absolute Gasteiger partial charge is 0.198 e. The van der Waals surface area contributed by atoms with Crippen LogP contribution >= 0.6 is 11.8 Å². The summed E-state index contributed by atoms with van der Waals surface area (Å²) >= 11 is 1.54. The number of hydrogen-bond acceptors (Lipinski definition) is 4. The van der Waals surface area contributed by atoms with Crippen molar-refractivity contribution in [2.24, 2.45) is 0 Å². The lowest BCUT2D eigenvalue weighted by atomic mass is 9.83. The second kappa shape index (κ2) is 6.81. The highest BCUT2D eigenvalue weighted by Gasteiger charge is 2.32. The average Bonchev–Trinajstić information content (AvgIpc) is 2.67.